The number of amides is 1. The third kappa shape index (κ3) is 3.41. The van der Waals surface area contributed by atoms with Crippen LogP contribution in [0.25, 0.3) is 11.1 Å². The monoisotopic (exact) mass is 341 g/mol. The van der Waals surface area contributed by atoms with E-state index in [9.17, 15) is 4.79 Å². The van der Waals surface area contributed by atoms with Gasteiger partial charge in [-0.1, -0.05) is 29.8 Å². The molecule has 122 valence electrons. The molecule has 3 aromatic rings. The average molecular weight is 342 g/mol. The Hall–Kier alpha value is -2.79. The Balaban J connectivity index is 1.79. The summed E-state index contributed by atoms with van der Waals surface area (Å²) in [6, 6.07) is 13.0. The van der Waals surface area contributed by atoms with Crippen molar-refractivity contribution in [3.05, 3.63) is 71.0 Å². The summed E-state index contributed by atoms with van der Waals surface area (Å²) in [6.45, 7) is 0.650. The number of nitrogens with two attached hydrogens (primary N) is 1. The van der Waals surface area contributed by atoms with Gasteiger partial charge in [-0.05, 0) is 35.4 Å². The predicted octanol–water partition coefficient (Wildman–Crippen LogP) is 3.36. The van der Waals surface area contributed by atoms with Crippen LogP contribution in [0.5, 0.6) is 5.75 Å². The Labute approximate surface area is 144 Å². The van der Waals surface area contributed by atoms with Crippen LogP contribution in [0.1, 0.15) is 15.9 Å². The van der Waals surface area contributed by atoms with Gasteiger partial charge >= 0.3 is 0 Å². The van der Waals surface area contributed by atoms with E-state index in [1.54, 1.807) is 31.5 Å². The number of methoxy groups -OCH3 is 1. The molecule has 0 bridgehead atoms. The average Bonchev–Trinajstić information content (AvgIpc) is 3.03. The van der Waals surface area contributed by atoms with Crippen molar-refractivity contribution in [1.82, 2.24) is 9.78 Å². The highest BCUT2D eigenvalue weighted by molar-refractivity contribution is 6.34. The Morgan fingerprint density at radius 1 is 1.21 bits per heavy atom. The normalized spacial score (nSPS) is 10.6. The Bertz CT molecular complexity index is 872. The molecule has 1 aromatic heterocycles. The Morgan fingerprint density at radius 2 is 1.96 bits per heavy atom. The first-order chi connectivity index (χ1) is 11.6. The second-order valence-electron chi connectivity index (χ2n) is 5.33. The predicted molar refractivity (Wildman–Crippen MR) is 93.3 cm³/mol. The molecule has 0 aliphatic rings. The summed E-state index contributed by atoms with van der Waals surface area (Å²) in [7, 11) is 1.64. The molecule has 3 rings (SSSR count). The van der Waals surface area contributed by atoms with Gasteiger partial charge in [-0.25, -0.2) is 0 Å². The van der Waals surface area contributed by atoms with Crippen molar-refractivity contribution in [2.75, 3.05) is 7.11 Å². The molecule has 0 spiro atoms. The van der Waals surface area contributed by atoms with Gasteiger partial charge in [0.05, 0.1) is 30.4 Å². The van der Waals surface area contributed by atoms with E-state index >= 15 is 0 Å². The number of carbonyl (C=O) groups excluding carboxylic acids is 1. The van der Waals surface area contributed by atoms with E-state index in [-0.39, 0.29) is 0 Å². The van der Waals surface area contributed by atoms with Crippen LogP contribution in [0.15, 0.2) is 54.9 Å². The second-order valence-corrected chi connectivity index (χ2v) is 5.74. The van der Waals surface area contributed by atoms with Crippen LogP contribution in [-0.2, 0) is 6.54 Å². The van der Waals surface area contributed by atoms with Crippen LogP contribution < -0.4 is 10.5 Å². The fraction of sp³-hybridized carbons (Fsp3) is 0.111. The summed E-state index contributed by atoms with van der Waals surface area (Å²) in [4.78, 5) is 11.2. The lowest BCUT2D eigenvalue weighted by atomic mass is 10.1. The lowest BCUT2D eigenvalue weighted by Crippen LogP contribution is -2.11. The van der Waals surface area contributed by atoms with Gasteiger partial charge in [0.2, 0.25) is 5.91 Å². The molecule has 1 heterocycles. The molecule has 0 fully saturated rings. The maximum atomic E-state index is 11.2. The highest BCUT2D eigenvalue weighted by atomic mass is 35.5. The second kappa shape index (κ2) is 6.76. The standard InChI is InChI=1S/C18H16ClN3O2/c1-24-15-5-2-12(3-6-15)10-22-11-14(9-21-22)13-4-7-16(18(20)23)17(19)8-13/h2-9,11H,10H2,1H3,(H2,20,23). The Kier molecular flexibility index (Phi) is 4.53. The zero-order valence-electron chi connectivity index (χ0n) is 13.1. The molecule has 2 aromatic carbocycles. The van der Waals surface area contributed by atoms with Crippen LogP contribution in [-0.4, -0.2) is 22.8 Å². The van der Waals surface area contributed by atoms with Gasteiger partial charge in [-0.15, -0.1) is 0 Å². The van der Waals surface area contributed by atoms with Crippen molar-refractivity contribution < 1.29 is 9.53 Å². The number of ether oxygens (including phenoxy) is 1. The lowest BCUT2D eigenvalue weighted by Gasteiger charge is -2.04. The summed E-state index contributed by atoms with van der Waals surface area (Å²) < 4.78 is 6.99. The van der Waals surface area contributed by atoms with Crippen LogP contribution >= 0.6 is 11.6 Å². The quantitative estimate of drug-likeness (QED) is 0.773. The Morgan fingerprint density at radius 3 is 2.58 bits per heavy atom. The van der Waals surface area contributed by atoms with E-state index in [4.69, 9.17) is 22.1 Å². The van der Waals surface area contributed by atoms with Crippen molar-refractivity contribution in [2.45, 2.75) is 6.54 Å². The van der Waals surface area contributed by atoms with Crippen LogP contribution in [0, 0.1) is 0 Å². The number of nitrogens with zero attached hydrogens (tertiary/aromatic N) is 2. The zero-order valence-corrected chi connectivity index (χ0v) is 13.8. The molecular weight excluding hydrogens is 326 g/mol. The SMILES string of the molecule is COc1ccc(Cn2cc(-c3ccc(C(N)=O)c(Cl)c3)cn2)cc1. The highest BCUT2D eigenvalue weighted by Gasteiger charge is 2.09. The van der Waals surface area contributed by atoms with E-state index in [0.717, 1.165) is 22.4 Å². The molecule has 5 nitrogen and oxygen atoms in total. The number of aromatic nitrogens is 2. The van der Waals surface area contributed by atoms with Crippen molar-refractivity contribution in [1.29, 1.82) is 0 Å². The number of benzene rings is 2. The number of halogens is 1. The molecular formula is C18H16ClN3O2. The third-order valence-electron chi connectivity index (χ3n) is 3.70. The van der Waals surface area contributed by atoms with Gasteiger partial charge < -0.3 is 10.5 Å². The molecule has 2 N–H and O–H groups in total. The highest BCUT2D eigenvalue weighted by Crippen LogP contribution is 2.25. The summed E-state index contributed by atoms with van der Waals surface area (Å²) in [6.07, 6.45) is 3.69. The number of hydrogen-bond donors (Lipinski definition) is 1. The van der Waals surface area contributed by atoms with Crippen molar-refractivity contribution >= 4 is 17.5 Å². The minimum absolute atomic E-state index is 0.311. The molecule has 0 unspecified atom stereocenters. The molecule has 0 saturated carbocycles. The number of primary amides is 1. The summed E-state index contributed by atoms with van der Waals surface area (Å²) >= 11 is 6.10. The van der Waals surface area contributed by atoms with Gasteiger partial charge in [0, 0.05) is 11.8 Å². The lowest BCUT2D eigenvalue weighted by molar-refractivity contribution is 0.100. The van der Waals surface area contributed by atoms with E-state index in [1.165, 1.54) is 0 Å². The van der Waals surface area contributed by atoms with Crippen molar-refractivity contribution in [2.24, 2.45) is 5.73 Å². The topological polar surface area (TPSA) is 70.1 Å². The minimum Gasteiger partial charge on any atom is -0.497 e. The number of rotatable bonds is 5. The van der Waals surface area contributed by atoms with Crippen LogP contribution in [0.3, 0.4) is 0 Å². The smallest absolute Gasteiger partial charge is 0.250 e. The van der Waals surface area contributed by atoms with Gasteiger partial charge in [0.15, 0.2) is 0 Å². The van der Waals surface area contributed by atoms with E-state index in [0.29, 0.717) is 17.1 Å². The largest absolute Gasteiger partial charge is 0.497 e. The van der Waals surface area contributed by atoms with E-state index < -0.39 is 5.91 Å². The van der Waals surface area contributed by atoms with Gasteiger partial charge in [-0.3, -0.25) is 9.48 Å². The molecule has 0 aliphatic heterocycles. The molecule has 1 amide bonds. The maximum absolute atomic E-state index is 11.2. The summed E-state index contributed by atoms with van der Waals surface area (Å²) in [5.41, 5.74) is 8.49. The summed E-state index contributed by atoms with van der Waals surface area (Å²) in [5.74, 6) is 0.283. The summed E-state index contributed by atoms with van der Waals surface area (Å²) in [5, 5.41) is 4.70. The van der Waals surface area contributed by atoms with Gasteiger partial charge in [0.1, 0.15) is 5.75 Å². The number of carbonyl (C=O) groups is 1. The van der Waals surface area contributed by atoms with Gasteiger partial charge in [-0.2, -0.15) is 5.10 Å². The minimum atomic E-state index is -0.540. The van der Waals surface area contributed by atoms with Crippen LogP contribution in [0.2, 0.25) is 5.02 Å². The molecule has 6 heteroatoms. The number of hydrogen-bond acceptors (Lipinski definition) is 3. The first-order valence-corrected chi connectivity index (χ1v) is 7.70. The van der Waals surface area contributed by atoms with Crippen molar-refractivity contribution in [3.8, 4) is 16.9 Å². The maximum Gasteiger partial charge on any atom is 0.250 e. The zero-order chi connectivity index (χ0) is 17.1. The molecule has 24 heavy (non-hydrogen) atoms. The van der Waals surface area contributed by atoms with E-state index in [2.05, 4.69) is 5.10 Å². The molecule has 0 saturated heterocycles. The van der Waals surface area contributed by atoms with Crippen LogP contribution in [0.4, 0.5) is 0 Å². The fourth-order valence-corrected chi connectivity index (χ4v) is 2.69. The molecule has 0 atom stereocenters. The third-order valence-corrected chi connectivity index (χ3v) is 4.02. The first kappa shape index (κ1) is 16.1. The molecule has 0 radical (unpaired) electrons. The van der Waals surface area contributed by atoms with Crippen molar-refractivity contribution in [3.63, 3.8) is 0 Å². The fourth-order valence-electron chi connectivity index (χ4n) is 2.41. The molecule has 0 aliphatic carbocycles. The van der Waals surface area contributed by atoms with Gasteiger partial charge in [0.25, 0.3) is 0 Å². The van der Waals surface area contributed by atoms with E-state index in [1.807, 2.05) is 35.1 Å². The first-order valence-electron chi connectivity index (χ1n) is 7.32.